The smallest absolute Gasteiger partial charge is 0.0946 e. The molecule has 0 atom stereocenters. The Morgan fingerprint density at radius 1 is 1.50 bits per heavy atom. The van der Waals surface area contributed by atoms with Gasteiger partial charge in [-0.2, -0.15) is 0 Å². The second-order valence-corrected chi connectivity index (χ2v) is 3.50. The summed E-state index contributed by atoms with van der Waals surface area (Å²) in [7, 11) is 0. The van der Waals surface area contributed by atoms with Crippen molar-refractivity contribution in [2.45, 2.75) is 13.5 Å². The van der Waals surface area contributed by atoms with Crippen LogP contribution in [0.15, 0.2) is 23.7 Å². The fraction of sp³-hybridized carbons (Fsp3) is 0.222. The van der Waals surface area contributed by atoms with Crippen molar-refractivity contribution in [3.8, 4) is 0 Å². The van der Waals surface area contributed by atoms with Crippen LogP contribution >= 0.6 is 11.5 Å². The van der Waals surface area contributed by atoms with Gasteiger partial charge in [-0.05, 0) is 30.6 Å². The molecule has 0 saturated carbocycles. The summed E-state index contributed by atoms with van der Waals surface area (Å²) in [6.07, 6.45) is 1.78. The fourth-order valence-corrected chi connectivity index (χ4v) is 1.57. The number of hydrogen-bond donors (Lipinski definition) is 1. The summed E-state index contributed by atoms with van der Waals surface area (Å²) in [6, 6.07) is 3.91. The van der Waals surface area contributed by atoms with Crippen LogP contribution in [0, 0.1) is 6.92 Å². The van der Waals surface area contributed by atoms with Gasteiger partial charge in [0.2, 0.25) is 0 Å². The lowest BCUT2D eigenvalue weighted by molar-refractivity contribution is 0.992. The van der Waals surface area contributed by atoms with Crippen LogP contribution in [0.25, 0.3) is 0 Å². The summed E-state index contributed by atoms with van der Waals surface area (Å²) in [6.45, 7) is 2.67. The van der Waals surface area contributed by atoms with E-state index in [0.717, 1.165) is 17.1 Å². The number of pyridine rings is 1. The Morgan fingerprint density at radius 2 is 2.43 bits per heavy atom. The lowest BCUT2D eigenvalue weighted by Gasteiger charge is -2.05. The van der Waals surface area contributed by atoms with Gasteiger partial charge in [-0.3, -0.25) is 4.98 Å². The monoisotopic (exact) mass is 206 g/mol. The van der Waals surface area contributed by atoms with Crippen molar-refractivity contribution in [1.29, 1.82) is 0 Å². The van der Waals surface area contributed by atoms with E-state index >= 15 is 0 Å². The summed E-state index contributed by atoms with van der Waals surface area (Å²) in [5, 5.41) is 9.13. The minimum Gasteiger partial charge on any atom is -0.378 e. The average Bonchev–Trinajstić information content (AvgIpc) is 2.69. The van der Waals surface area contributed by atoms with E-state index in [9.17, 15) is 0 Å². The molecule has 0 spiro atoms. The zero-order valence-corrected chi connectivity index (χ0v) is 8.58. The summed E-state index contributed by atoms with van der Waals surface area (Å²) in [5.41, 5.74) is 2.99. The minimum atomic E-state index is 0.697. The van der Waals surface area contributed by atoms with Crippen molar-refractivity contribution in [2.75, 3.05) is 5.32 Å². The van der Waals surface area contributed by atoms with E-state index in [1.807, 2.05) is 24.4 Å². The molecule has 0 fully saturated rings. The lowest BCUT2D eigenvalue weighted by Crippen LogP contribution is -2.01. The molecular weight excluding hydrogens is 196 g/mol. The van der Waals surface area contributed by atoms with Crippen LogP contribution in [-0.2, 0) is 6.54 Å². The lowest BCUT2D eigenvalue weighted by atomic mass is 10.3. The standard InChI is InChI=1S/C9H10N4S/c1-7-9(3-2-4-10-7)11-5-8-6-14-13-12-8/h2-4,6,11H,5H2,1H3. The van der Waals surface area contributed by atoms with Crippen LogP contribution < -0.4 is 5.32 Å². The molecule has 0 aromatic carbocycles. The number of aryl methyl sites for hydroxylation is 1. The zero-order chi connectivity index (χ0) is 9.80. The number of anilines is 1. The Bertz CT molecular complexity index is 399. The van der Waals surface area contributed by atoms with E-state index < -0.39 is 0 Å². The second kappa shape index (κ2) is 4.15. The topological polar surface area (TPSA) is 50.7 Å². The second-order valence-electron chi connectivity index (χ2n) is 2.89. The molecule has 0 radical (unpaired) electrons. The van der Waals surface area contributed by atoms with E-state index in [2.05, 4.69) is 19.9 Å². The maximum atomic E-state index is 4.18. The van der Waals surface area contributed by atoms with Crippen molar-refractivity contribution in [3.05, 3.63) is 35.1 Å². The molecular formula is C9H10N4S. The predicted molar refractivity (Wildman–Crippen MR) is 56.2 cm³/mol. The van der Waals surface area contributed by atoms with Gasteiger partial charge < -0.3 is 5.32 Å². The summed E-state index contributed by atoms with van der Waals surface area (Å²) >= 11 is 1.36. The molecule has 0 aliphatic heterocycles. The highest BCUT2D eigenvalue weighted by Crippen LogP contribution is 2.11. The number of rotatable bonds is 3. The molecule has 72 valence electrons. The quantitative estimate of drug-likeness (QED) is 0.832. The normalized spacial score (nSPS) is 10.1. The van der Waals surface area contributed by atoms with Gasteiger partial charge in [0.05, 0.1) is 23.6 Å². The molecule has 2 heterocycles. The van der Waals surface area contributed by atoms with Gasteiger partial charge in [-0.1, -0.05) is 4.49 Å². The van der Waals surface area contributed by atoms with Crippen molar-refractivity contribution in [1.82, 2.24) is 14.6 Å². The highest BCUT2D eigenvalue weighted by molar-refractivity contribution is 7.03. The molecule has 2 rings (SSSR count). The first kappa shape index (κ1) is 9.08. The molecule has 0 aliphatic carbocycles. The first-order valence-electron chi connectivity index (χ1n) is 4.27. The van der Waals surface area contributed by atoms with Crippen molar-refractivity contribution in [2.24, 2.45) is 0 Å². The van der Waals surface area contributed by atoms with Crippen molar-refractivity contribution in [3.63, 3.8) is 0 Å². The molecule has 0 bridgehead atoms. The van der Waals surface area contributed by atoms with E-state index in [1.165, 1.54) is 11.5 Å². The van der Waals surface area contributed by atoms with E-state index in [4.69, 9.17) is 0 Å². The maximum absolute atomic E-state index is 4.18. The molecule has 4 nitrogen and oxygen atoms in total. The van der Waals surface area contributed by atoms with Gasteiger partial charge in [0.1, 0.15) is 0 Å². The highest BCUT2D eigenvalue weighted by Gasteiger charge is 1.99. The van der Waals surface area contributed by atoms with Crippen LogP contribution in [0.4, 0.5) is 5.69 Å². The molecule has 0 amide bonds. The van der Waals surface area contributed by atoms with Crippen LogP contribution in [-0.4, -0.2) is 14.6 Å². The summed E-state index contributed by atoms with van der Waals surface area (Å²) < 4.78 is 3.79. The first-order chi connectivity index (χ1) is 6.86. The van der Waals surface area contributed by atoms with Crippen molar-refractivity contribution >= 4 is 17.2 Å². The molecule has 2 aromatic rings. The Labute approximate surface area is 86.2 Å². The SMILES string of the molecule is Cc1ncccc1NCc1csnn1. The summed E-state index contributed by atoms with van der Waals surface area (Å²) in [4.78, 5) is 4.18. The van der Waals surface area contributed by atoms with Gasteiger partial charge in [0.15, 0.2) is 0 Å². The third-order valence-corrected chi connectivity index (χ3v) is 2.43. The van der Waals surface area contributed by atoms with E-state index in [-0.39, 0.29) is 0 Å². The Balaban J connectivity index is 2.02. The Morgan fingerprint density at radius 3 is 3.14 bits per heavy atom. The average molecular weight is 206 g/mol. The van der Waals surface area contributed by atoms with Crippen molar-refractivity contribution < 1.29 is 0 Å². The zero-order valence-electron chi connectivity index (χ0n) is 7.77. The molecule has 2 aromatic heterocycles. The van der Waals surface area contributed by atoms with Crippen LogP contribution in [0.3, 0.4) is 0 Å². The molecule has 14 heavy (non-hydrogen) atoms. The number of aromatic nitrogens is 3. The minimum absolute atomic E-state index is 0.697. The van der Waals surface area contributed by atoms with Crippen LogP contribution in [0.1, 0.15) is 11.4 Å². The highest BCUT2D eigenvalue weighted by atomic mass is 32.1. The maximum Gasteiger partial charge on any atom is 0.0946 e. The van der Waals surface area contributed by atoms with Gasteiger partial charge in [-0.15, -0.1) is 5.10 Å². The molecule has 0 aliphatic rings. The van der Waals surface area contributed by atoms with Crippen LogP contribution in [0.2, 0.25) is 0 Å². The summed E-state index contributed by atoms with van der Waals surface area (Å²) in [5.74, 6) is 0. The number of hydrogen-bond acceptors (Lipinski definition) is 5. The third-order valence-electron chi connectivity index (χ3n) is 1.87. The van der Waals surface area contributed by atoms with Gasteiger partial charge in [0.25, 0.3) is 0 Å². The molecule has 5 heteroatoms. The van der Waals surface area contributed by atoms with E-state index in [0.29, 0.717) is 6.54 Å². The van der Waals surface area contributed by atoms with Gasteiger partial charge in [0, 0.05) is 11.6 Å². The first-order valence-corrected chi connectivity index (χ1v) is 5.11. The van der Waals surface area contributed by atoms with Gasteiger partial charge in [-0.25, -0.2) is 0 Å². The van der Waals surface area contributed by atoms with Crippen LogP contribution in [0.5, 0.6) is 0 Å². The fourth-order valence-electron chi connectivity index (χ4n) is 1.12. The molecule has 1 N–H and O–H groups in total. The largest absolute Gasteiger partial charge is 0.378 e. The molecule has 0 saturated heterocycles. The third kappa shape index (κ3) is 2.05. The Kier molecular flexibility index (Phi) is 2.69. The van der Waals surface area contributed by atoms with Gasteiger partial charge >= 0.3 is 0 Å². The Hall–Kier alpha value is -1.49. The molecule has 0 unspecified atom stereocenters. The predicted octanol–water partition coefficient (Wildman–Crippen LogP) is 1.85. The van der Waals surface area contributed by atoms with E-state index in [1.54, 1.807) is 6.20 Å². The number of nitrogens with one attached hydrogen (secondary N) is 1. The number of nitrogens with zero attached hydrogens (tertiary/aromatic N) is 3.